The summed E-state index contributed by atoms with van der Waals surface area (Å²) in [6.07, 6.45) is -0.955. The molecule has 2 aromatic rings. The molecule has 0 saturated heterocycles. The normalized spacial score (nSPS) is 15.1. The van der Waals surface area contributed by atoms with Crippen LogP contribution in [0, 0.1) is 0 Å². The van der Waals surface area contributed by atoms with Crippen LogP contribution in [0.2, 0.25) is 0 Å². The molecule has 15 nitrogen and oxygen atoms in total. The molecule has 0 amide bonds. The summed E-state index contributed by atoms with van der Waals surface area (Å²) in [4.78, 5) is 56.8. The van der Waals surface area contributed by atoms with E-state index in [4.69, 9.17) is 29.4 Å². The number of fused-ring (bicyclic) bond motifs is 1. The number of aromatic nitrogens is 4. The molecule has 0 radical (unpaired) electrons. The molecule has 1 saturated carbocycles. The molecule has 1 aliphatic carbocycles. The van der Waals surface area contributed by atoms with Crippen LogP contribution in [0.4, 0.5) is 15.5 Å². The Morgan fingerprint density at radius 1 is 1.19 bits per heavy atom. The van der Waals surface area contributed by atoms with Crippen molar-refractivity contribution >= 4 is 37.5 Å². The zero-order valence-electron chi connectivity index (χ0n) is 20.3. The van der Waals surface area contributed by atoms with E-state index in [1.807, 2.05) is 0 Å². The van der Waals surface area contributed by atoms with Crippen LogP contribution in [-0.2, 0) is 34.8 Å². The number of carbonyl (C=O) groups is 2. The van der Waals surface area contributed by atoms with Gasteiger partial charge in [-0.05, 0) is 45.1 Å². The zero-order valence-corrected chi connectivity index (χ0v) is 21.1. The third-order valence-electron chi connectivity index (χ3n) is 5.01. The second kappa shape index (κ2) is 10.8. The number of rotatable bonds is 11. The largest absolute Gasteiger partial charge is 0.548 e. The van der Waals surface area contributed by atoms with Gasteiger partial charge in [0, 0.05) is 0 Å². The van der Waals surface area contributed by atoms with E-state index in [9.17, 15) is 23.8 Å². The lowest BCUT2D eigenvalue weighted by Crippen LogP contribution is -2.45. The Kier molecular flexibility index (Phi) is 8.16. The van der Waals surface area contributed by atoms with E-state index in [2.05, 4.69) is 15.0 Å². The Labute approximate surface area is 206 Å². The van der Waals surface area contributed by atoms with Gasteiger partial charge in [-0.15, -0.1) is 0 Å². The number of H-pyrrole nitrogens is 1. The summed E-state index contributed by atoms with van der Waals surface area (Å²) in [5.74, 6) is -0.109. The fraction of sp³-hybridized carbons (Fsp3) is 0.650. The van der Waals surface area contributed by atoms with E-state index in [0.717, 1.165) is 0 Å². The highest BCUT2D eigenvalue weighted by atomic mass is 31.1. The van der Waals surface area contributed by atoms with Crippen molar-refractivity contribution in [2.45, 2.75) is 70.2 Å². The number of carbonyl (C=O) groups excluding carboxylic acids is 2. The van der Waals surface area contributed by atoms with E-state index < -0.39 is 62.3 Å². The fourth-order valence-corrected chi connectivity index (χ4v) is 3.90. The van der Waals surface area contributed by atoms with Gasteiger partial charge in [0.05, 0.1) is 30.7 Å². The molecular weight excluding hydrogens is 501 g/mol. The molecule has 16 heteroatoms. The lowest BCUT2D eigenvalue weighted by atomic mass is 10.3. The van der Waals surface area contributed by atoms with Crippen LogP contribution in [0.15, 0.2) is 11.1 Å². The maximum Gasteiger partial charge on any atom is 0.548 e. The van der Waals surface area contributed by atoms with E-state index >= 15 is 0 Å². The molecule has 2 aromatic heterocycles. The summed E-state index contributed by atoms with van der Waals surface area (Å²) in [6, 6.07) is 0. The average Bonchev–Trinajstić information content (AvgIpc) is 3.39. The van der Waals surface area contributed by atoms with Gasteiger partial charge in [0.2, 0.25) is 5.95 Å². The maximum absolute atomic E-state index is 12.6. The van der Waals surface area contributed by atoms with Crippen LogP contribution in [0.5, 0.6) is 0 Å². The summed E-state index contributed by atoms with van der Waals surface area (Å²) in [6.45, 7) is 4.96. The van der Waals surface area contributed by atoms with Crippen molar-refractivity contribution in [2.24, 2.45) is 0 Å². The smallest absolute Gasteiger partial charge is 0.432 e. The van der Waals surface area contributed by atoms with Crippen LogP contribution in [0.3, 0.4) is 0 Å². The van der Waals surface area contributed by atoms with E-state index in [1.54, 1.807) is 27.7 Å². The SMILES string of the molecule is CC(C)OC(=O)OCC(COC(=O)OC(C)C)(OC1(Cn2cnc3c(=O)[nH]c(N)nc32)CC1)[P+](=O)O. The second-order valence-corrected chi connectivity index (χ2v) is 10.3. The molecular formula is C20H29N5O10P+. The van der Waals surface area contributed by atoms with Gasteiger partial charge < -0.3 is 34.0 Å². The predicted octanol–water partition coefficient (Wildman–Crippen LogP) is 1.81. The summed E-state index contributed by atoms with van der Waals surface area (Å²) in [7, 11) is -3.24. The minimum Gasteiger partial charge on any atom is -0.432 e. The Morgan fingerprint density at radius 2 is 1.75 bits per heavy atom. The third kappa shape index (κ3) is 6.68. The lowest BCUT2D eigenvalue weighted by molar-refractivity contribution is -0.126. The zero-order chi connectivity index (χ0) is 26.7. The first kappa shape index (κ1) is 27.3. The Bertz CT molecular complexity index is 1160. The number of nitrogens with zero attached hydrogens (tertiary/aromatic N) is 3. The molecule has 0 aliphatic heterocycles. The molecule has 4 N–H and O–H groups in total. The molecule has 1 atom stereocenters. The summed E-state index contributed by atoms with van der Waals surface area (Å²) in [5, 5.41) is -2.14. The average molecular weight is 530 g/mol. The van der Waals surface area contributed by atoms with Gasteiger partial charge in [0.15, 0.2) is 24.4 Å². The molecule has 36 heavy (non-hydrogen) atoms. The topological polar surface area (TPSA) is 207 Å². The highest BCUT2D eigenvalue weighted by molar-refractivity contribution is 7.39. The summed E-state index contributed by atoms with van der Waals surface area (Å²) < 4.78 is 40.1. The molecule has 1 aliphatic rings. The predicted molar refractivity (Wildman–Crippen MR) is 123 cm³/mol. The number of hydrogen-bond donors (Lipinski definition) is 3. The van der Waals surface area contributed by atoms with Gasteiger partial charge >= 0.3 is 25.7 Å². The minimum absolute atomic E-state index is 0.0547. The number of nitrogen functional groups attached to an aromatic ring is 1. The lowest BCUT2D eigenvalue weighted by Gasteiger charge is -2.27. The molecule has 198 valence electrons. The molecule has 0 spiro atoms. The number of ether oxygens (including phenoxy) is 5. The summed E-state index contributed by atoms with van der Waals surface area (Å²) >= 11 is 0. The highest BCUT2D eigenvalue weighted by Gasteiger charge is 2.62. The van der Waals surface area contributed by atoms with E-state index in [0.29, 0.717) is 12.8 Å². The molecule has 1 fully saturated rings. The van der Waals surface area contributed by atoms with E-state index in [-0.39, 0.29) is 23.7 Å². The van der Waals surface area contributed by atoms with Crippen molar-refractivity contribution < 1.29 is 42.7 Å². The highest BCUT2D eigenvalue weighted by Crippen LogP contribution is 2.50. The first-order valence-corrected chi connectivity index (χ1v) is 12.3. The van der Waals surface area contributed by atoms with Gasteiger partial charge in [0.1, 0.15) is 0 Å². The number of nitrogens with one attached hydrogen (secondary N) is 1. The van der Waals surface area contributed by atoms with Crippen molar-refractivity contribution in [1.82, 2.24) is 19.5 Å². The molecule has 0 bridgehead atoms. The molecule has 1 unspecified atom stereocenters. The van der Waals surface area contributed by atoms with Crippen molar-refractivity contribution in [3.05, 3.63) is 16.7 Å². The van der Waals surface area contributed by atoms with Crippen molar-refractivity contribution in [2.75, 3.05) is 18.9 Å². The van der Waals surface area contributed by atoms with Crippen LogP contribution in [0.25, 0.3) is 11.2 Å². The van der Waals surface area contributed by atoms with Crippen LogP contribution >= 0.6 is 8.03 Å². The Balaban J connectivity index is 1.86. The number of aromatic amines is 1. The van der Waals surface area contributed by atoms with Crippen molar-refractivity contribution in [3.63, 3.8) is 0 Å². The van der Waals surface area contributed by atoms with Gasteiger partial charge in [-0.25, -0.2) is 14.6 Å². The Hall–Kier alpha value is -3.29. The number of imidazole rings is 1. The molecule has 0 aromatic carbocycles. The molecule has 3 rings (SSSR count). The minimum atomic E-state index is -3.24. The first-order valence-electron chi connectivity index (χ1n) is 11.1. The fourth-order valence-electron chi connectivity index (χ4n) is 3.28. The van der Waals surface area contributed by atoms with Crippen molar-refractivity contribution in [1.29, 1.82) is 0 Å². The molecule has 2 heterocycles. The monoisotopic (exact) mass is 530 g/mol. The quantitative estimate of drug-likeness (QED) is 0.280. The second-order valence-electron chi connectivity index (χ2n) is 8.91. The van der Waals surface area contributed by atoms with Crippen LogP contribution in [-0.4, -0.2) is 73.1 Å². The number of anilines is 1. The standard InChI is InChI=1S/C20H28N5O10P/c1-11(2)33-17(27)31-8-20(36(29)30,9-32-18(28)34-12(3)4)35-19(5-6-19)7-25-10-22-13-14(25)23-16(21)24-15(13)26/h10-12H,5-9H2,1-4H3,(H3-,21,23,24,26,29,30)/p+1. The van der Waals surface area contributed by atoms with E-state index in [1.165, 1.54) is 10.9 Å². The Morgan fingerprint density at radius 3 is 2.22 bits per heavy atom. The van der Waals surface area contributed by atoms with Gasteiger partial charge in [-0.1, -0.05) is 0 Å². The third-order valence-corrected chi connectivity index (χ3v) is 6.06. The van der Waals surface area contributed by atoms with Crippen LogP contribution in [0.1, 0.15) is 40.5 Å². The van der Waals surface area contributed by atoms with Crippen LogP contribution < -0.4 is 11.3 Å². The van der Waals surface area contributed by atoms with Crippen molar-refractivity contribution in [3.8, 4) is 0 Å². The number of hydrogen-bond acceptors (Lipinski definition) is 12. The van der Waals surface area contributed by atoms with Gasteiger partial charge in [-0.3, -0.25) is 9.78 Å². The number of nitrogens with two attached hydrogens (primary N) is 1. The first-order chi connectivity index (χ1) is 16.8. The maximum atomic E-state index is 12.6. The summed E-state index contributed by atoms with van der Waals surface area (Å²) in [5.41, 5.74) is 4.33. The van der Waals surface area contributed by atoms with Gasteiger partial charge in [0.25, 0.3) is 5.56 Å². The van der Waals surface area contributed by atoms with Gasteiger partial charge in [-0.2, -0.15) is 9.88 Å².